The van der Waals surface area contributed by atoms with E-state index in [4.69, 9.17) is 9.47 Å². The van der Waals surface area contributed by atoms with E-state index in [-0.39, 0.29) is 10.6 Å². The summed E-state index contributed by atoms with van der Waals surface area (Å²) < 4.78 is 38.9. The Morgan fingerprint density at radius 3 is 2.62 bits per heavy atom. The minimum Gasteiger partial charge on any atom is -0.497 e. The summed E-state index contributed by atoms with van der Waals surface area (Å²) >= 11 is 0. The standard InChI is InChI=1S/C19H22N2O4S/c1-24-15-8-9-18(17(13-15)25-2)26(22,23)21-12-11-20-10-4-6-14-5-3-7-16(21)19(14)20/h3,5,7-9,13H,4,6,10-12H2,1-2H3. The van der Waals surface area contributed by atoms with Crippen LogP contribution in [0.25, 0.3) is 0 Å². The lowest BCUT2D eigenvalue weighted by Crippen LogP contribution is -2.46. The average molecular weight is 374 g/mol. The summed E-state index contributed by atoms with van der Waals surface area (Å²) in [6.07, 6.45) is 2.09. The normalized spacial score (nSPS) is 16.2. The number of hydrogen-bond acceptors (Lipinski definition) is 5. The lowest BCUT2D eigenvalue weighted by Gasteiger charge is -2.41. The first-order valence-electron chi connectivity index (χ1n) is 8.68. The molecule has 26 heavy (non-hydrogen) atoms. The van der Waals surface area contributed by atoms with Crippen LogP contribution >= 0.6 is 0 Å². The van der Waals surface area contributed by atoms with Crippen molar-refractivity contribution in [3.05, 3.63) is 42.0 Å². The third-order valence-corrected chi connectivity index (χ3v) is 6.92. The maximum Gasteiger partial charge on any atom is 0.268 e. The van der Waals surface area contributed by atoms with Gasteiger partial charge in [-0.3, -0.25) is 4.31 Å². The highest BCUT2D eigenvalue weighted by atomic mass is 32.2. The second-order valence-electron chi connectivity index (χ2n) is 6.47. The van der Waals surface area contributed by atoms with Gasteiger partial charge in [0.05, 0.1) is 32.1 Å². The quantitative estimate of drug-likeness (QED) is 0.823. The van der Waals surface area contributed by atoms with E-state index in [1.807, 2.05) is 12.1 Å². The van der Waals surface area contributed by atoms with Gasteiger partial charge >= 0.3 is 0 Å². The fraction of sp³-hybridized carbons (Fsp3) is 0.368. The maximum absolute atomic E-state index is 13.4. The summed E-state index contributed by atoms with van der Waals surface area (Å²) in [4.78, 5) is 2.45. The fourth-order valence-electron chi connectivity index (χ4n) is 3.83. The van der Waals surface area contributed by atoms with Crippen LogP contribution in [0.3, 0.4) is 0 Å². The molecule has 0 aromatic heterocycles. The van der Waals surface area contributed by atoms with Gasteiger partial charge in [0.2, 0.25) is 0 Å². The van der Waals surface area contributed by atoms with Crippen LogP contribution in [0, 0.1) is 0 Å². The van der Waals surface area contributed by atoms with Crippen molar-refractivity contribution in [3.63, 3.8) is 0 Å². The predicted molar refractivity (Wildman–Crippen MR) is 101 cm³/mol. The van der Waals surface area contributed by atoms with Gasteiger partial charge in [-0.2, -0.15) is 0 Å². The molecule has 7 heteroatoms. The zero-order valence-electron chi connectivity index (χ0n) is 14.9. The first-order chi connectivity index (χ1) is 12.6. The third-order valence-electron chi connectivity index (χ3n) is 5.07. The van der Waals surface area contributed by atoms with Gasteiger partial charge in [0.15, 0.2) is 0 Å². The van der Waals surface area contributed by atoms with Crippen LogP contribution in [-0.2, 0) is 16.4 Å². The number of para-hydroxylation sites is 1. The molecule has 0 radical (unpaired) electrons. The molecule has 2 aromatic carbocycles. The monoisotopic (exact) mass is 374 g/mol. The van der Waals surface area contributed by atoms with E-state index < -0.39 is 10.0 Å². The molecule has 2 aliphatic rings. The van der Waals surface area contributed by atoms with E-state index in [1.165, 1.54) is 17.0 Å². The third kappa shape index (κ3) is 2.58. The number of benzene rings is 2. The minimum atomic E-state index is -3.74. The molecule has 0 bridgehead atoms. The fourth-order valence-corrected chi connectivity index (χ4v) is 5.43. The number of nitrogens with zero attached hydrogens (tertiary/aromatic N) is 2. The van der Waals surface area contributed by atoms with Crippen molar-refractivity contribution in [1.29, 1.82) is 0 Å². The van der Waals surface area contributed by atoms with Gasteiger partial charge < -0.3 is 14.4 Å². The molecule has 0 unspecified atom stereocenters. The van der Waals surface area contributed by atoms with Crippen LogP contribution in [0.5, 0.6) is 11.5 Å². The molecule has 2 heterocycles. The molecule has 4 rings (SSSR count). The lowest BCUT2D eigenvalue weighted by atomic mass is 9.99. The second-order valence-corrected chi connectivity index (χ2v) is 8.30. The van der Waals surface area contributed by atoms with Crippen molar-refractivity contribution in [2.75, 3.05) is 43.1 Å². The Balaban J connectivity index is 1.83. The Labute approximate surface area is 154 Å². The van der Waals surface area contributed by atoms with Crippen LogP contribution in [-0.4, -0.2) is 42.3 Å². The molecule has 2 aliphatic heterocycles. The zero-order valence-corrected chi connectivity index (χ0v) is 15.8. The molecule has 0 spiro atoms. The van der Waals surface area contributed by atoms with Crippen molar-refractivity contribution < 1.29 is 17.9 Å². The van der Waals surface area contributed by atoms with E-state index in [0.717, 1.165) is 30.8 Å². The zero-order chi connectivity index (χ0) is 18.3. The molecule has 0 fully saturated rings. The SMILES string of the molecule is COc1ccc(S(=O)(=O)N2CCN3CCCc4cccc2c43)c(OC)c1. The second kappa shape index (κ2) is 6.39. The van der Waals surface area contributed by atoms with E-state index >= 15 is 0 Å². The number of anilines is 2. The van der Waals surface area contributed by atoms with Crippen molar-refractivity contribution in [2.24, 2.45) is 0 Å². The summed E-state index contributed by atoms with van der Waals surface area (Å²) in [6, 6.07) is 10.7. The highest BCUT2D eigenvalue weighted by Crippen LogP contribution is 2.42. The molecule has 0 N–H and O–H groups in total. The summed E-state index contributed by atoms with van der Waals surface area (Å²) in [5.74, 6) is 0.847. The molecule has 138 valence electrons. The van der Waals surface area contributed by atoms with E-state index in [0.29, 0.717) is 18.8 Å². The Bertz CT molecular complexity index is 943. The Kier molecular flexibility index (Phi) is 4.19. The maximum atomic E-state index is 13.4. The molecule has 0 atom stereocenters. The van der Waals surface area contributed by atoms with Crippen LogP contribution in [0.1, 0.15) is 12.0 Å². The highest BCUT2D eigenvalue weighted by Gasteiger charge is 2.35. The summed E-state index contributed by atoms with van der Waals surface area (Å²) in [5, 5.41) is 0. The molecule has 0 amide bonds. The first kappa shape index (κ1) is 17.0. The van der Waals surface area contributed by atoms with Crippen molar-refractivity contribution in [2.45, 2.75) is 17.7 Å². The van der Waals surface area contributed by atoms with Gasteiger partial charge in [-0.15, -0.1) is 0 Å². The molecule has 0 saturated carbocycles. The number of aryl methyl sites for hydroxylation is 1. The molecule has 2 aromatic rings. The molecular weight excluding hydrogens is 352 g/mol. The van der Waals surface area contributed by atoms with Gasteiger partial charge in [0.25, 0.3) is 10.0 Å². The summed E-state index contributed by atoms with van der Waals surface area (Å²) in [7, 11) is -0.733. The molecule has 0 saturated heterocycles. The summed E-state index contributed by atoms with van der Waals surface area (Å²) in [6.45, 7) is 2.10. The largest absolute Gasteiger partial charge is 0.497 e. The van der Waals surface area contributed by atoms with E-state index in [1.54, 1.807) is 25.3 Å². The number of ether oxygens (including phenoxy) is 2. The number of methoxy groups -OCH3 is 2. The van der Waals surface area contributed by atoms with Gasteiger partial charge in [0, 0.05) is 19.2 Å². The number of hydrogen-bond donors (Lipinski definition) is 0. The highest BCUT2D eigenvalue weighted by molar-refractivity contribution is 7.93. The number of sulfonamides is 1. The van der Waals surface area contributed by atoms with Crippen LogP contribution in [0.15, 0.2) is 41.3 Å². The molecular formula is C19H22N2O4S. The van der Waals surface area contributed by atoms with Crippen LogP contribution in [0.2, 0.25) is 0 Å². The van der Waals surface area contributed by atoms with E-state index in [9.17, 15) is 8.42 Å². The average Bonchev–Trinajstić information content (AvgIpc) is 2.68. The van der Waals surface area contributed by atoms with Gasteiger partial charge in [0.1, 0.15) is 16.4 Å². The van der Waals surface area contributed by atoms with Gasteiger partial charge in [-0.25, -0.2) is 8.42 Å². The summed E-state index contributed by atoms with van der Waals surface area (Å²) in [5.41, 5.74) is 3.03. The Morgan fingerprint density at radius 1 is 1.00 bits per heavy atom. The molecule has 0 aliphatic carbocycles. The van der Waals surface area contributed by atoms with Crippen molar-refractivity contribution in [1.82, 2.24) is 0 Å². The minimum absolute atomic E-state index is 0.155. The van der Waals surface area contributed by atoms with Crippen LogP contribution < -0.4 is 18.7 Å². The number of rotatable bonds is 4. The predicted octanol–water partition coefficient (Wildman–Crippen LogP) is 2.67. The van der Waals surface area contributed by atoms with Gasteiger partial charge in [-0.05, 0) is 36.6 Å². The topological polar surface area (TPSA) is 59.1 Å². The van der Waals surface area contributed by atoms with E-state index in [2.05, 4.69) is 11.0 Å². The Morgan fingerprint density at radius 2 is 1.85 bits per heavy atom. The lowest BCUT2D eigenvalue weighted by molar-refractivity contribution is 0.386. The van der Waals surface area contributed by atoms with Gasteiger partial charge in [-0.1, -0.05) is 12.1 Å². The van der Waals surface area contributed by atoms with Crippen LogP contribution in [0.4, 0.5) is 11.4 Å². The first-order valence-corrected chi connectivity index (χ1v) is 10.1. The van der Waals surface area contributed by atoms with Crippen molar-refractivity contribution in [3.8, 4) is 11.5 Å². The molecule has 6 nitrogen and oxygen atoms in total. The van der Waals surface area contributed by atoms with Crippen molar-refractivity contribution >= 4 is 21.4 Å². The Hall–Kier alpha value is -2.41. The smallest absolute Gasteiger partial charge is 0.268 e.